The van der Waals surface area contributed by atoms with Gasteiger partial charge in [-0.3, -0.25) is 14.7 Å². The van der Waals surface area contributed by atoms with Crippen molar-refractivity contribution >= 4 is 41.0 Å². The first kappa shape index (κ1) is 15.9. The first-order chi connectivity index (χ1) is 10.6. The fourth-order valence-corrected chi connectivity index (χ4v) is 5.03. The molecule has 0 unspecified atom stereocenters. The average molecular weight is 343 g/mol. The molecule has 22 heavy (non-hydrogen) atoms. The molecule has 1 amide bonds. The molecule has 3 aliphatic rings. The van der Waals surface area contributed by atoms with Crippen LogP contribution in [0.5, 0.6) is 0 Å². The van der Waals surface area contributed by atoms with Crippen molar-refractivity contribution in [2.24, 2.45) is 4.99 Å². The summed E-state index contributed by atoms with van der Waals surface area (Å²) in [5, 5.41) is 8.95. The molecule has 2 fully saturated rings. The van der Waals surface area contributed by atoms with Gasteiger partial charge in [0.25, 0.3) is 5.91 Å². The first-order valence-corrected chi connectivity index (χ1v) is 9.21. The summed E-state index contributed by atoms with van der Waals surface area (Å²) >= 11 is 7.66. The minimum Gasteiger partial charge on any atom is -0.477 e. The number of thioether (sulfide) groups is 1. The van der Waals surface area contributed by atoms with Crippen LogP contribution in [-0.2, 0) is 9.59 Å². The van der Waals surface area contributed by atoms with Crippen LogP contribution in [0.25, 0.3) is 0 Å². The van der Waals surface area contributed by atoms with E-state index in [2.05, 4.69) is 0 Å². The van der Waals surface area contributed by atoms with Crippen LogP contribution in [0.1, 0.15) is 38.5 Å². The van der Waals surface area contributed by atoms with Gasteiger partial charge in [-0.15, -0.1) is 23.4 Å². The molecule has 3 rings (SSSR count). The first-order valence-electron chi connectivity index (χ1n) is 7.62. The molecule has 1 saturated heterocycles. The van der Waals surface area contributed by atoms with E-state index >= 15 is 0 Å². The Bertz CT molecular complexity index is 553. The lowest BCUT2D eigenvalue weighted by Crippen LogP contribution is -2.73. The van der Waals surface area contributed by atoms with Gasteiger partial charge < -0.3 is 5.11 Å². The number of rotatable bonds is 3. The van der Waals surface area contributed by atoms with Gasteiger partial charge in [-0.1, -0.05) is 12.8 Å². The fourth-order valence-electron chi connectivity index (χ4n) is 3.31. The maximum absolute atomic E-state index is 12.6. The summed E-state index contributed by atoms with van der Waals surface area (Å²) in [6.07, 6.45) is 8.04. The Morgan fingerprint density at radius 3 is 2.68 bits per heavy atom. The number of amides is 1. The van der Waals surface area contributed by atoms with E-state index in [0.717, 1.165) is 31.4 Å². The molecule has 0 bridgehead atoms. The van der Waals surface area contributed by atoms with Crippen LogP contribution < -0.4 is 0 Å². The molecule has 0 radical (unpaired) electrons. The molecule has 0 spiro atoms. The van der Waals surface area contributed by atoms with Crippen molar-refractivity contribution in [1.82, 2.24) is 4.90 Å². The highest BCUT2D eigenvalue weighted by atomic mass is 35.5. The van der Waals surface area contributed by atoms with Crippen LogP contribution in [0.15, 0.2) is 16.8 Å². The smallest absolute Gasteiger partial charge is 0.352 e. The number of nitrogens with zero attached hydrogens (tertiary/aromatic N) is 2. The summed E-state index contributed by atoms with van der Waals surface area (Å²) in [5.41, 5.74) is 0.162. The van der Waals surface area contributed by atoms with Crippen LogP contribution >= 0.6 is 23.4 Å². The number of carbonyl (C=O) groups is 2. The Morgan fingerprint density at radius 2 is 2.09 bits per heavy atom. The summed E-state index contributed by atoms with van der Waals surface area (Å²) in [7, 11) is 0. The van der Waals surface area contributed by atoms with Crippen LogP contribution in [0.4, 0.5) is 0 Å². The van der Waals surface area contributed by atoms with E-state index in [1.54, 1.807) is 6.08 Å². The SMILES string of the molecule is O=C(O)C1=CCS[C@@H]2N1C(=O)[C@@]2(CCl)N=C1CCCCCC1. The molecule has 5 nitrogen and oxygen atoms in total. The predicted octanol–water partition coefficient (Wildman–Crippen LogP) is 2.64. The number of carboxylic acids is 1. The van der Waals surface area contributed by atoms with E-state index in [0.29, 0.717) is 5.75 Å². The Morgan fingerprint density at radius 1 is 1.41 bits per heavy atom. The number of halogens is 1. The zero-order valence-corrected chi connectivity index (χ0v) is 13.8. The highest BCUT2D eigenvalue weighted by Crippen LogP contribution is 2.47. The summed E-state index contributed by atoms with van der Waals surface area (Å²) in [5.74, 6) is -0.662. The number of alkyl halides is 1. The highest BCUT2D eigenvalue weighted by molar-refractivity contribution is 8.00. The third-order valence-corrected chi connectivity index (χ3v) is 6.17. The minimum absolute atomic E-state index is 0.0653. The molecule has 1 aliphatic carbocycles. The Hall–Kier alpha value is -1.01. The van der Waals surface area contributed by atoms with Gasteiger partial charge in [-0.05, 0) is 31.8 Å². The maximum Gasteiger partial charge on any atom is 0.352 e. The van der Waals surface area contributed by atoms with Gasteiger partial charge in [-0.2, -0.15) is 0 Å². The molecular formula is C15H19ClN2O3S. The molecule has 2 heterocycles. The molecule has 7 heteroatoms. The normalized spacial score (nSPS) is 31.8. The summed E-state index contributed by atoms with van der Waals surface area (Å²) in [6.45, 7) is 0. The number of aliphatic carboxylic acids is 1. The van der Waals surface area contributed by atoms with Crippen molar-refractivity contribution in [3.05, 3.63) is 11.8 Å². The van der Waals surface area contributed by atoms with E-state index in [1.807, 2.05) is 0 Å². The maximum atomic E-state index is 12.6. The average Bonchev–Trinajstić information content (AvgIpc) is 2.79. The van der Waals surface area contributed by atoms with Gasteiger partial charge in [0.1, 0.15) is 11.1 Å². The van der Waals surface area contributed by atoms with Crippen molar-refractivity contribution < 1.29 is 14.7 Å². The molecule has 120 valence electrons. The van der Waals surface area contributed by atoms with Crippen molar-refractivity contribution in [2.45, 2.75) is 49.4 Å². The van der Waals surface area contributed by atoms with Crippen LogP contribution in [0.3, 0.4) is 0 Å². The number of carboxylic acid groups (broad SMARTS) is 1. The lowest BCUT2D eigenvalue weighted by atomic mass is 9.88. The standard InChI is InChI=1S/C15H19ClN2O3S/c16-9-15(17-10-5-3-1-2-4-6-10)13(21)18-11(12(19)20)7-8-22-14(15)18/h7,14H,1-6,8-9H2,(H,19,20)/t14-,15+/m0/s1. The zero-order valence-electron chi connectivity index (χ0n) is 12.3. The second-order valence-electron chi connectivity index (χ2n) is 5.91. The highest BCUT2D eigenvalue weighted by Gasteiger charge is 2.63. The summed E-state index contributed by atoms with van der Waals surface area (Å²) in [6, 6.07) is 0. The molecule has 0 aromatic rings. The second-order valence-corrected chi connectivity index (χ2v) is 7.29. The van der Waals surface area contributed by atoms with Gasteiger partial charge in [0.05, 0.1) is 5.88 Å². The molecule has 2 atom stereocenters. The predicted molar refractivity (Wildman–Crippen MR) is 87.4 cm³/mol. The molecule has 0 aromatic carbocycles. The summed E-state index contributed by atoms with van der Waals surface area (Å²) < 4.78 is 0. The largest absolute Gasteiger partial charge is 0.477 e. The molecular weight excluding hydrogens is 324 g/mol. The van der Waals surface area contributed by atoms with Crippen molar-refractivity contribution in [2.75, 3.05) is 11.6 Å². The molecule has 0 aromatic heterocycles. The van der Waals surface area contributed by atoms with Gasteiger partial charge in [-0.25, -0.2) is 4.79 Å². The quantitative estimate of drug-likeness (QED) is 0.486. The minimum atomic E-state index is -1.07. The van der Waals surface area contributed by atoms with Crippen LogP contribution in [0.2, 0.25) is 0 Å². The van der Waals surface area contributed by atoms with Crippen molar-refractivity contribution in [3.63, 3.8) is 0 Å². The molecule has 1 saturated carbocycles. The third-order valence-electron chi connectivity index (χ3n) is 4.48. The van der Waals surface area contributed by atoms with E-state index in [-0.39, 0.29) is 22.9 Å². The van der Waals surface area contributed by atoms with E-state index in [4.69, 9.17) is 16.6 Å². The van der Waals surface area contributed by atoms with Gasteiger partial charge in [0.15, 0.2) is 5.54 Å². The lowest BCUT2D eigenvalue weighted by Gasteiger charge is -2.54. The number of aliphatic imine (C=N–C) groups is 1. The van der Waals surface area contributed by atoms with Gasteiger partial charge >= 0.3 is 5.97 Å². The van der Waals surface area contributed by atoms with Crippen LogP contribution in [-0.4, -0.2) is 50.1 Å². The van der Waals surface area contributed by atoms with E-state index in [1.165, 1.54) is 29.5 Å². The van der Waals surface area contributed by atoms with Crippen LogP contribution in [0, 0.1) is 0 Å². The Kier molecular flexibility index (Phi) is 4.50. The number of hydrogen-bond acceptors (Lipinski definition) is 4. The number of carbonyl (C=O) groups excluding carboxylic acids is 1. The topological polar surface area (TPSA) is 70.0 Å². The third kappa shape index (κ3) is 2.46. The van der Waals surface area contributed by atoms with Crippen molar-refractivity contribution in [3.8, 4) is 0 Å². The zero-order chi connectivity index (χ0) is 15.7. The summed E-state index contributed by atoms with van der Waals surface area (Å²) in [4.78, 5) is 30.0. The number of β-lactam (4-membered cyclic amide) rings is 1. The number of hydrogen-bond donors (Lipinski definition) is 1. The van der Waals surface area contributed by atoms with Crippen molar-refractivity contribution in [1.29, 1.82) is 0 Å². The Balaban J connectivity index is 1.89. The fraction of sp³-hybridized carbons (Fsp3) is 0.667. The second kappa shape index (κ2) is 6.24. The number of fused-ring (bicyclic) bond motifs is 1. The van der Waals surface area contributed by atoms with Gasteiger partial charge in [0, 0.05) is 11.5 Å². The molecule has 2 aliphatic heterocycles. The van der Waals surface area contributed by atoms with E-state index in [9.17, 15) is 14.7 Å². The molecule has 1 N–H and O–H groups in total. The lowest BCUT2D eigenvalue weighted by molar-refractivity contribution is -0.153. The monoisotopic (exact) mass is 342 g/mol. The Labute approximate surface area is 138 Å². The van der Waals surface area contributed by atoms with E-state index < -0.39 is 11.5 Å². The van der Waals surface area contributed by atoms with Gasteiger partial charge in [0.2, 0.25) is 0 Å².